The fourth-order valence-corrected chi connectivity index (χ4v) is 2.40. The van der Waals surface area contributed by atoms with Crippen molar-refractivity contribution in [2.45, 2.75) is 31.8 Å². The molecule has 0 bridgehead atoms. The van der Waals surface area contributed by atoms with E-state index in [9.17, 15) is 23.7 Å². The van der Waals surface area contributed by atoms with Gasteiger partial charge in [0.15, 0.2) is 11.6 Å². The van der Waals surface area contributed by atoms with Gasteiger partial charge in [0, 0.05) is 12.1 Å². The number of amides is 1. The quantitative estimate of drug-likeness (QED) is 0.658. The summed E-state index contributed by atoms with van der Waals surface area (Å²) in [6.45, 7) is 2.67. The third-order valence-corrected chi connectivity index (χ3v) is 3.44. The van der Waals surface area contributed by atoms with Crippen molar-refractivity contribution in [2.24, 2.45) is 0 Å². The van der Waals surface area contributed by atoms with Gasteiger partial charge in [0.05, 0.1) is 11.0 Å². The van der Waals surface area contributed by atoms with Crippen LogP contribution in [-0.4, -0.2) is 29.5 Å². The summed E-state index contributed by atoms with van der Waals surface area (Å²) in [5.41, 5.74) is -1.21. The zero-order chi connectivity index (χ0) is 15.6. The molecule has 0 aliphatic carbocycles. The number of benzene rings is 1. The lowest BCUT2D eigenvalue weighted by Gasteiger charge is -2.28. The summed E-state index contributed by atoms with van der Waals surface area (Å²) in [7, 11) is 0. The first kappa shape index (κ1) is 15.3. The van der Waals surface area contributed by atoms with E-state index in [1.165, 1.54) is 0 Å². The summed E-state index contributed by atoms with van der Waals surface area (Å²) in [5.74, 6) is -3.40. The van der Waals surface area contributed by atoms with Crippen LogP contribution in [0.15, 0.2) is 12.1 Å². The molecule has 1 heterocycles. The van der Waals surface area contributed by atoms with Crippen molar-refractivity contribution in [3.63, 3.8) is 0 Å². The number of carbonyl (C=O) groups is 1. The Kier molecular flexibility index (Phi) is 4.46. The van der Waals surface area contributed by atoms with E-state index >= 15 is 0 Å². The Bertz CT molecular complexity index is 580. The minimum absolute atomic E-state index is 0.151. The molecule has 2 unspecified atom stereocenters. The van der Waals surface area contributed by atoms with Gasteiger partial charge in [0.1, 0.15) is 5.56 Å². The second-order valence-electron chi connectivity index (χ2n) is 5.09. The van der Waals surface area contributed by atoms with Crippen molar-refractivity contribution in [1.82, 2.24) is 10.6 Å². The summed E-state index contributed by atoms with van der Waals surface area (Å²) in [6.07, 6.45) is 1.34. The topological polar surface area (TPSA) is 84.3 Å². The molecule has 0 spiro atoms. The highest BCUT2D eigenvalue weighted by atomic mass is 19.2. The summed E-state index contributed by atoms with van der Waals surface area (Å²) in [4.78, 5) is 22.0. The third-order valence-electron chi connectivity index (χ3n) is 3.44. The van der Waals surface area contributed by atoms with Crippen LogP contribution in [0.5, 0.6) is 0 Å². The van der Waals surface area contributed by atoms with Crippen LogP contribution in [0, 0.1) is 21.7 Å². The first-order chi connectivity index (χ1) is 9.88. The van der Waals surface area contributed by atoms with Gasteiger partial charge in [-0.2, -0.15) is 0 Å². The Labute approximate surface area is 119 Å². The summed E-state index contributed by atoms with van der Waals surface area (Å²) < 4.78 is 26.3. The van der Waals surface area contributed by atoms with E-state index in [1.807, 2.05) is 6.92 Å². The maximum atomic E-state index is 13.2. The van der Waals surface area contributed by atoms with Crippen molar-refractivity contribution in [1.29, 1.82) is 0 Å². The van der Waals surface area contributed by atoms with Crippen LogP contribution in [-0.2, 0) is 0 Å². The maximum Gasteiger partial charge on any atom is 0.285 e. The fraction of sp³-hybridized carbons (Fsp3) is 0.462. The average molecular weight is 299 g/mol. The number of nitrogens with one attached hydrogen (secondary N) is 2. The Hall–Kier alpha value is -2.09. The van der Waals surface area contributed by atoms with Gasteiger partial charge in [0.2, 0.25) is 0 Å². The molecule has 2 atom stereocenters. The lowest BCUT2D eigenvalue weighted by Crippen LogP contribution is -2.46. The monoisotopic (exact) mass is 299 g/mol. The van der Waals surface area contributed by atoms with Crippen molar-refractivity contribution in [3.8, 4) is 0 Å². The van der Waals surface area contributed by atoms with Gasteiger partial charge in [-0.15, -0.1) is 0 Å². The first-order valence-corrected chi connectivity index (χ1v) is 6.56. The van der Waals surface area contributed by atoms with E-state index < -0.39 is 33.7 Å². The van der Waals surface area contributed by atoms with Gasteiger partial charge >= 0.3 is 0 Å². The molecule has 114 valence electrons. The molecule has 1 aromatic rings. The van der Waals surface area contributed by atoms with E-state index in [0.717, 1.165) is 0 Å². The molecule has 1 aliphatic rings. The molecule has 1 amide bonds. The maximum absolute atomic E-state index is 13.2. The number of nitro benzene ring substituents is 1. The number of hydrogen-bond acceptors (Lipinski definition) is 4. The highest BCUT2D eigenvalue weighted by Crippen LogP contribution is 2.22. The van der Waals surface area contributed by atoms with Gasteiger partial charge in [-0.05, 0) is 32.4 Å². The molecule has 21 heavy (non-hydrogen) atoms. The van der Waals surface area contributed by atoms with Crippen LogP contribution in [0.1, 0.15) is 30.1 Å². The third kappa shape index (κ3) is 3.52. The number of halogens is 2. The lowest BCUT2D eigenvalue weighted by molar-refractivity contribution is -0.385. The Morgan fingerprint density at radius 3 is 2.71 bits per heavy atom. The number of piperidine rings is 1. The molecule has 0 radical (unpaired) electrons. The van der Waals surface area contributed by atoms with Crippen LogP contribution in [0.25, 0.3) is 0 Å². The molecule has 1 aromatic carbocycles. The van der Waals surface area contributed by atoms with Gasteiger partial charge < -0.3 is 10.6 Å². The molecule has 2 rings (SSSR count). The zero-order valence-corrected chi connectivity index (χ0v) is 11.4. The number of rotatable bonds is 3. The summed E-state index contributed by atoms with van der Waals surface area (Å²) in [6, 6.07) is 1.05. The SMILES string of the molecule is CC1CC(NC(=O)c2cc(F)c(F)cc2[N+](=O)[O-])CCN1. The van der Waals surface area contributed by atoms with Crippen LogP contribution in [0.3, 0.4) is 0 Å². The Morgan fingerprint density at radius 2 is 2.10 bits per heavy atom. The second-order valence-corrected chi connectivity index (χ2v) is 5.09. The van der Waals surface area contributed by atoms with Gasteiger partial charge in [-0.3, -0.25) is 14.9 Å². The normalized spacial score (nSPS) is 21.9. The average Bonchev–Trinajstić information content (AvgIpc) is 2.41. The molecule has 0 saturated carbocycles. The molecular formula is C13H15F2N3O3. The van der Waals surface area contributed by atoms with Crippen molar-refractivity contribution in [3.05, 3.63) is 39.4 Å². The summed E-state index contributed by atoms with van der Waals surface area (Å²) >= 11 is 0. The molecule has 8 heteroatoms. The van der Waals surface area contributed by atoms with E-state index in [1.54, 1.807) is 0 Å². The van der Waals surface area contributed by atoms with Crippen molar-refractivity contribution < 1.29 is 18.5 Å². The Morgan fingerprint density at radius 1 is 1.43 bits per heavy atom. The van der Waals surface area contributed by atoms with Gasteiger partial charge in [-0.1, -0.05) is 0 Å². The predicted octanol–water partition coefficient (Wildman–Crippen LogP) is 1.74. The highest BCUT2D eigenvalue weighted by Gasteiger charge is 2.27. The van der Waals surface area contributed by atoms with Gasteiger partial charge in [-0.25, -0.2) is 8.78 Å². The van der Waals surface area contributed by atoms with Crippen LogP contribution < -0.4 is 10.6 Å². The van der Waals surface area contributed by atoms with E-state index in [4.69, 9.17) is 0 Å². The van der Waals surface area contributed by atoms with Crippen molar-refractivity contribution >= 4 is 11.6 Å². The number of nitrogens with zero attached hydrogens (tertiary/aromatic N) is 1. The highest BCUT2D eigenvalue weighted by molar-refractivity contribution is 5.98. The Balaban J connectivity index is 2.22. The van der Waals surface area contributed by atoms with Crippen molar-refractivity contribution in [2.75, 3.05) is 6.54 Å². The molecule has 6 nitrogen and oxygen atoms in total. The van der Waals surface area contributed by atoms with Gasteiger partial charge in [0.25, 0.3) is 11.6 Å². The number of carbonyl (C=O) groups excluding carboxylic acids is 1. The fourth-order valence-electron chi connectivity index (χ4n) is 2.40. The molecule has 0 aromatic heterocycles. The molecule has 2 N–H and O–H groups in total. The zero-order valence-electron chi connectivity index (χ0n) is 11.4. The van der Waals surface area contributed by atoms with E-state index in [0.29, 0.717) is 31.5 Å². The second kappa shape index (κ2) is 6.13. The van der Waals surface area contributed by atoms with Crippen LogP contribution in [0.4, 0.5) is 14.5 Å². The minimum atomic E-state index is -1.35. The minimum Gasteiger partial charge on any atom is -0.349 e. The van der Waals surface area contributed by atoms with E-state index in [-0.39, 0.29) is 12.1 Å². The number of nitro groups is 1. The molecule has 1 saturated heterocycles. The lowest BCUT2D eigenvalue weighted by atomic mass is 10.00. The first-order valence-electron chi connectivity index (χ1n) is 6.56. The molecular weight excluding hydrogens is 284 g/mol. The molecule has 1 fully saturated rings. The van der Waals surface area contributed by atoms with Crippen LogP contribution >= 0.6 is 0 Å². The smallest absolute Gasteiger partial charge is 0.285 e. The summed E-state index contributed by atoms with van der Waals surface area (Å²) in [5, 5.41) is 16.7. The van der Waals surface area contributed by atoms with Crippen LogP contribution in [0.2, 0.25) is 0 Å². The largest absolute Gasteiger partial charge is 0.349 e. The van der Waals surface area contributed by atoms with E-state index in [2.05, 4.69) is 10.6 Å². The predicted molar refractivity (Wildman–Crippen MR) is 71.0 cm³/mol. The molecule has 1 aliphatic heterocycles. The number of hydrogen-bond donors (Lipinski definition) is 2. The standard InChI is InChI=1S/C13H15F2N3O3/c1-7-4-8(2-3-16-7)17-13(19)9-5-10(14)11(15)6-12(9)18(20)21/h5-8,16H,2-4H2,1H3,(H,17,19).